The van der Waals surface area contributed by atoms with Crippen LogP contribution in [-0.4, -0.2) is 5.11 Å². The smallest absolute Gasteiger partial charge is 0.332 e. The summed E-state index contributed by atoms with van der Waals surface area (Å²) in [4.78, 5) is 0. The highest BCUT2D eigenvalue weighted by atomic mass is 19.3. The zero-order valence-electron chi connectivity index (χ0n) is 6.94. The van der Waals surface area contributed by atoms with E-state index >= 15 is 0 Å². The maximum absolute atomic E-state index is 12.5. The maximum atomic E-state index is 12.5. The first-order valence-electron chi connectivity index (χ1n) is 3.60. The van der Waals surface area contributed by atoms with Gasteiger partial charge in [-0.25, -0.2) is 0 Å². The topological polar surface area (TPSA) is 20.2 Å². The van der Waals surface area contributed by atoms with E-state index < -0.39 is 6.11 Å². The monoisotopic (exact) mass is 172 g/mol. The summed E-state index contributed by atoms with van der Waals surface area (Å²) < 4.78 is 25.1. The minimum absolute atomic E-state index is 0.287. The molecule has 1 rings (SSSR count). The first-order valence-corrected chi connectivity index (χ1v) is 3.60. The highest BCUT2D eigenvalue weighted by Gasteiger charge is 2.30. The van der Waals surface area contributed by atoms with Crippen LogP contribution in [0.4, 0.5) is 8.78 Å². The van der Waals surface area contributed by atoms with E-state index in [1.54, 1.807) is 32.0 Å². The second-order valence-corrected chi connectivity index (χ2v) is 2.81. The fraction of sp³-hybridized carbons (Fsp3) is 0.333. The van der Waals surface area contributed by atoms with E-state index in [-0.39, 0.29) is 5.56 Å². The van der Waals surface area contributed by atoms with Crippen molar-refractivity contribution in [2.24, 2.45) is 0 Å². The average Bonchev–Trinajstić information content (AvgIpc) is 1.82. The number of hydrogen-bond acceptors (Lipinski definition) is 1. The van der Waals surface area contributed by atoms with Crippen molar-refractivity contribution in [2.75, 3.05) is 0 Å². The van der Waals surface area contributed by atoms with Crippen molar-refractivity contribution in [1.29, 1.82) is 0 Å². The van der Waals surface area contributed by atoms with E-state index in [0.717, 1.165) is 0 Å². The number of aliphatic hydroxyl groups is 1. The second-order valence-electron chi connectivity index (χ2n) is 2.81. The molecule has 0 fully saturated rings. The molecule has 1 aromatic carbocycles. The van der Waals surface area contributed by atoms with E-state index in [2.05, 4.69) is 0 Å². The molecule has 0 radical (unpaired) electrons. The Morgan fingerprint density at radius 3 is 1.83 bits per heavy atom. The normalized spacial score (nSPS) is 11.8. The van der Waals surface area contributed by atoms with Gasteiger partial charge in [0, 0.05) is 0 Å². The molecule has 3 heteroatoms. The van der Waals surface area contributed by atoms with Gasteiger partial charge in [-0.3, -0.25) is 0 Å². The lowest BCUT2D eigenvalue weighted by Gasteiger charge is -2.14. The van der Waals surface area contributed by atoms with Gasteiger partial charge in [-0.1, -0.05) is 18.2 Å². The van der Waals surface area contributed by atoms with E-state index in [1.807, 2.05) is 0 Å². The van der Waals surface area contributed by atoms with Gasteiger partial charge in [0.15, 0.2) is 0 Å². The Morgan fingerprint density at radius 1 is 1.17 bits per heavy atom. The SMILES string of the molecule is Cc1cccc(C)c1C(O)(F)F. The van der Waals surface area contributed by atoms with Crippen molar-refractivity contribution < 1.29 is 13.9 Å². The van der Waals surface area contributed by atoms with E-state index in [1.165, 1.54) is 0 Å². The van der Waals surface area contributed by atoms with Gasteiger partial charge >= 0.3 is 6.11 Å². The third-order valence-corrected chi connectivity index (χ3v) is 1.78. The molecule has 1 N–H and O–H groups in total. The van der Waals surface area contributed by atoms with Crippen LogP contribution in [0.3, 0.4) is 0 Å². The van der Waals surface area contributed by atoms with Crippen LogP contribution >= 0.6 is 0 Å². The molecule has 1 nitrogen and oxygen atoms in total. The van der Waals surface area contributed by atoms with Gasteiger partial charge < -0.3 is 5.11 Å². The van der Waals surface area contributed by atoms with Crippen molar-refractivity contribution in [3.05, 3.63) is 34.9 Å². The summed E-state index contributed by atoms with van der Waals surface area (Å²) >= 11 is 0. The van der Waals surface area contributed by atoms with Gasteiger partial charge in [0.1, 0.15) is 0 Å². The van der Waals surface area contributed by atoms with Crippen LogP contribution in [0.15, 0.2) is 18.2 Å². The summed E-state index contributed by atoms with van der Waals surface area (Å²) in [6.07, 6.45) is -3.73. The molecule has 0 aliphatic carbocycles. The van der Waals surface area contributed by atoms with Crippen molar-refractivity contribution in [1.82, 2.24) is 0 Å². The highest BCUT2D eigenvalue weighted by molar-refractivity contribution is 5.35. The Hall–Kier alpha value is -0.960. The minimum Gasteiger partial charge on any atom is -0.332 e. The molecule has 66 valence electrons. The Labute approximate surface area is 69.7 Å². The molecule has 0 unspecified atom stereocenters. The number of hydrogen-bond donors (Lipinski definition) is 1. The zero-order chi connectivity index (χ0) is 9.35. The molecule has 0 aliphatic heterocycles. The van der Waals surface area contributed by atoms with Crippen LogP contribution in [0.1, 0.15) is 16.7 Å². The minimum atomic E-state index is -3.73. The average molecular weight is 172 g/mol. The molecule has 0 amide bonds. The van der Waals surface area contributed by atoms with Crippen molar-refractivity contribution in [3.63, 3.8) is 0 Å². The molecule has 0 spiro atoms. The Morgan fingerprint density at radius 2 is 1.58 bits per heavy atom. The fourth-order valence-corrected chi connectivity index (χ4v) is 1.29. The molecular weight excluding hydrogens is 162 g/mol. The molecule has 0 aromatic heterocycles. The standard InChI is InChI=1S/C9H10F2O/c1-6-4-3-5-7(2)8(6)9(10,11)12/h3-5,12H,1-2H3. The summed E-state index contributed by atoms with van der Waals surface area (Å²) in [7, 11) is 0. The van der Waals surface area contributed by atoms with Crippen LogP contribution in [0.2, 0.25) is 0 Å². The van der Waals surface area contributed by atoms with Crippen LogP contribution in [0, 0.1) is 13.8 Å². The van der Waals surface area contributed by atoms with Crippen molar-refractivity contribution >= 4 is 0 Å². The van der Waals surface area contributed by atoms with Gasteiger partial charge in [-0.2, -0.15) is 8.78 Å². The summed E-state index contributed by atoms with van der Waals surface area (Å²) in [5, 5.41) is 8.52. The lowest BCUT2D eigenvalue weighted by atomic mass is 10.0. The first-order chi connectivity index (χ1) is 5.43. The quantitative estimate of drug-likeness (QED) is 0.689. The second kappa shape index (κ2) is 2.83. The molecule has 12 heavy (non-hydrogen) atoms. The van der Waals surface area contributed by atoms with E-state index in [0.29, 0.717) is 11.1 Å². The van der Waals surface area contributed by atoms with Crippen LogP contribution < -0.4 is 0 Å². The third kappa shape index (κ3) is 1.61. The summed E-state index contributed by atoms with van der Waals surface area (Å²) in [5.41, 5.74) is 0.523. The van der Waals surface area contributed by atoms with Crippen molar-refractivity contribution in [3.8, 4) is 0 Å². The first kappa shape index (κ1) is 9.13. The van der Waals surface area contributed by atoms with Gasteiger partial charge in [-0.15, -0.1) is 0 Å². The molecule has 1 aromatic rings. The number of aryl methyl sites for hydroxylation is 2. The maximum Gasteiger partial charge on any atom is 0.381 e. The van der Waals surface area contributed by atoms with Gasteiger partial charge in [-0.05, 0) is 25.0 Å². The largest absolute Gasteiger partial charge is 0.381 e. The molecular formula is C9H10F2O. The Bertz CT molecular complexity index is 269. The molecule has 0 saturated heterocycles. The van der Waals surface area contributed by atoms with Crippen LogP contribution in [0.25, 0.3) is 0 Å². The molecule has 0 heterocycles. The number of rotatable bonds is 1. The third-order valence-electron chi connectivity index (χ3n) is 1.78. The number of halogens is 2. The summed E-state index contributed by atoms with van der Waals surface area (Å²) in [6, 6.07) is 4.78. The highest BCUT2D eigenvalue weighted by Crippen LogP contribution is 2.29. The lowest BCUT2D eigenvalue weighted by molar-refractivity contribution is -0.209. The molecule has 0 saturated carbocycles. The number of benzene rings is 1. The van der Waals surface area contributed by atoms with Gasteiger partial charge in [0.25, 0.3) is 0 Å². The number of alkyl halides is 2. The Kier molecular flexibility index (Phi) is 2.15. The summed E-state index contributed by atoms with van der Waals surface area (Å²) in [6.45, 7) is 3.10. The van der Waals surface area contributed by atoms with Crippen molar-refractivity contribution in [2.45, 2.75) is 20.0 Å². The van der Waals surface area contributed by atoms with E-state index in [4.69, 9.17) is 5.11 Å². The fourth-order valence-electron chi connectivity index (χ4n) is 1.29. The van der Waals surface area contributed by atoms with Gasteiger partial charge in [0.05, 0.1) is 5.56 Å². The summed E-state index contributed by atoms with van der Waals surface area (Å²) in [5.74, 6) is 0. The lowest BCUT2D eigenvalue weighted by Crippen LogP contribution is -2.15. The van der Waals surface area contributed by atoms with Gasteiger partial charge in [0.2, 0.25) is 0 Å². The van der Waals surface area contributed by atoms with Crippen LogP contribution in [0.5, 0.6) is 0 Å². The molecule has 0 aliphatic rings. The van der Waals surface area contributed by atoms with E-state index in [9.17, 15) is 8.78 Å². The van der Waals surface area contributed by atoms with Crippen LogP contribution in [-0.2, 0) is 6.11 Å². The zero-order valence-corrected chi connectivity index (χ0v) is 6.94. The molecule has 0 bridgehead atoms. The Balaban J connectivity index is 3.31. The predicted octanol–water partition coefficient (Wildman–Crippen LogP) is 2.35. The molecule has 0 atom stereocenters. The predicted molar refractivity (Wildman–Crippen MR) is 42.0 cm³/mol.